The largest absolute Gasteiger partial charge is 0.491 e. The first kappa shape index (κ1) is 14.0. The first-order chi connectivity index (χ1) is 9.05. The molecule has 4 heteroatoms. The van der Waals surface area contributed by atoms with E-state index in [9.17, 15) is 9.90 Å². The summed E-state index contributed by atoms with van der Waals surface area (Å²) in [6.07, 6.45) is 2.91. The lowest BCUT2D eigenvalue weighted by molar-refractivity contribution is -0.0157. The molecule has 0 aromatic heterocycles. The van der Waals surface area contributed by atoms with Gasteiger partial charge in [-0.3, -0.25) is 4.79 Å². The summed E-state index contributed by atoms with van der Waals surface area (Å²) >= 11 is 0. The molecule has 1 fully saturated rings. The van der Waals surface area contributed by atoms with Crippen molar-refractivity contribution in [2.45, 2.75) is 31.8 Å². The van der Waals surface area contributed by atoms with Crippen molar-refractivity contribution < 1.29 is 19.7 Å². The lowest BCUT2D eigenvalue weighted by Crippen LogP contribution is -2.46. The van der Waals surface area contributed by atoms with E-state index in [0.29, 0.717) is 11.3 Å². The monoisotopic (exact) mass is 264 g/mol. The van der Waals surface area contributed by atoms with Crippen LogP contribution in [-0.4, -0.2) is 34.8 Å². The van der Waals surface area contributed by atoms with Gasteiger partial charge in [0.2, 0.25) is 0 Å². The highest BCUT2D eigenvalue weighted by molar-refractivity contribution is 6.02. The fourth-order valence-electron chi connectivity index (χ4n) is 2.31. The SMILES string of the molecule is CC(O)(C(=O)c1ccc(OCCO)cc1)C1CCC1. The third kappa shape index (κ3) is 2.96. The van der Waals surface area contributed by atoms with Crippen LogP contribution >= 0.6 is 0 Å². The van der Waals surface area contributed by atoms with Crippen LogP contribution in [0.2, 0.25) is 0 Å². The minimum Gasteiger partial charge on any atom is -0.491 e. The van der Waals surface area contributed by atoms with E-state index in [1.807, 2.05) is 0 Å². The molecule has 2 rings (SSSR count). The Kier molecular flexibility index (Phi) is 4.22. The average Bonchev–Trinajstić information content (AvgIpc) is 2.33. The Morgan fingerprint density at radius 1 is 1.37 bits per heavy atom. The lowest BCUT2D eigenvalue weighted by atomic mass is 9.71. The molecule has 1 atom stereocenters. The van der Waals surface area contributed by atoms with Crippen molar-refractivity contribution in [3.63, 3.8) is 0 Å². The Hall–Kier alpha value is -1.39. The van der Waals surface area contributed by atoms with Crippen LogP contribution in [0.15, 0.2) is 24.3 Å². The van der Waals surface area contributed by atoms with Crippen molar-refractivity contribution >= 4 is 5.78 Å². The van der Waals surface area contributed by atoms with E-state index in [2.05, 4.69) is 0 Å². The van der Waals surface area contributed by atoms with E-state index in [-0.39, 0.29) is 24.9 Å². The quantitative estimate of drug-likeness (QED) is 0.769. The van der Waals surface area contributed by atoms with Gasteiger partial charge in [0, 0.05) is 5.56 Å². The van der Waals surface area contributed by atoms with Crippen molar-refractivity contribution in [2.24, 2.45) is 5.92 Å². The molecule has 0 saturated heterocycles. The maximum absolute atomic E-state index is 12.3. The summed E-state index contributed by atoms with van der Waals surface area (Å²) in [6, 6.07) is 6.67. The molecule has 1 aromatic rings. The Morgan fingerprint density at radius 2 is 2.00 bits per heavy atom. The number of Topliss-reactive ketones (excluding diaryl/α,β-unsaturated/α-hetero) is 1. The fraction of sp³-hybridized carbons (Fsp3) is 0.533. The molecule has 0 aliphatic heterocycles. The fourth-order valence-corrected chi connectivity index (χ4v) is 2.31. The minimum absolute atomic E-state index is 0.0446. The summed E-state index contributed by atoms with van der Waals surface area (Å²) in [6.45, 7) is 1.79. The number of ether oxygens (including phenoxy) is 1. The third-order valence-electron chi connectivity index (χ3n) is 3.84. The first-order valence-electron chi connectivity index (χ1n) is 6.66. The summed E-state index contributed by atoms with van der Waals surface area (Å²) in [7, 11) is 0. The molecular formula is C15H20O4. The second kappa shape index (κ2) is 5.72. The number of benzene rings is 1. The highest BCUT2D eigenvalue weighted by atomic mass is 16.5. The van der Waals surface area contributed by atoms with Crippen molar-refractivity contribution in [1.82, 2.24) is 0 Å². The van der Waals surface area contributed by atoms with Gasteiger partial charge in [-0.05, 0) is 49.9 Å². The van der Waals surface area contributed by atoms with Crippen LogP contribution in [0.1, 0.15) is 36.5 Å². The van der Waals surface area contributed by atoms with E-state index < -0.39 is 5.60 Å². The van der Waals surface area contributed by atoms with Gasteiger partial charge in [0.25, 0.3) is 0 Å². The molecule has 1 unspecified atom stereocenters. The highest BCUT2D eigenvalue weighted by Gasteiger charge is 2.42. The smallest absolute Gasteiger partial charge is 0.194 e. The van der Waals surface area contributed by atoms with E-state index >= 15 is 0 Å². The number of hydrogen-bond acceptors (Lipinski definition) is 4. The zero-order valence-electron chi connectivity index (χ0n) is 11.1. The Labute approximate surface area is 113 Å². The molecule has 0 heterocycles. The highest BCUT2D eigenvalue weighted by Crippen LogP contribution is 2.37. The molecule has 19 heavy (non-hydrogen) atoms. The van der Waals surface area contributed by atoms with E-state index in [0.717, 1.165) is 19.3 Å². The number of carbonyl (C=O) groups is 1. The van der Waals surface area contributed by atoms with Gasteiger partial charge >= 0.3 is 0 Å². The molecule has 2 N–H and O–H groups in total. The summed E-state index contributed by atoms with van der Waals surface area (Å²) in [5.41, 5.74) is -0.778. The molecule has 1 aliphatic carbocycles. The second-order valence-electron chi connectivity index (χ2n) is 5.20. The predicted octanol–water partition coefficient (Wildman–Crippen LogP) is 1.79. The minimum atomic E-state index is -1.27. The van der Waals surface area contributed by atoms with Crippen LogP contribution in [0.4, 0.5) is 0 Å². The van der Waals surface area contributed by atoms with Gasteiger partial charge in [0.15, 0.2) is 5.78 Å². The maximum atomic E-state index is 12.3. The summed E-state index contributed by atoms with van der Waals surface area (Å²) in [5.74, 6) is 0.449. The summed E-state index contributed by atoms with van der Waals surface area (Å²) in [5, 5.41) is 19.0. The van der Waals surface area contributed by atoms with Gasteiger partial charge < -0.3 is 14.9 Å². The van der Waals surface area contributed by atoms with E-state index in [4.69, 9.17) is 9.84 Å². The van der Waals surface area contributed by atoms with Gasteiger partial charge in [-0.2, -0.15) is 0 Å². The molecule has 104 valence electrons. The van der Waals surface area contributed by atoms with Crippen LogP contribution in [0.3, 0.4) is 0 Å². The van der Waals surface area contributed by atoms with Crippen molar-refractivity contribution in [3.8, 4) is 5.75 Å². The average molecular weight is 264 g/mol. The molecule has 0 bridgehead atoms. The maximum Gasteiger partial charge on any atom is 0.194 e. The molecule has 0 spiro atoms. The lowest BCUT2D eigenvalue weighted by Gasteiger charge is -2.37. The van der Waals surface area contributed by atoms with Crippen molar-refractivity contribution in [2.75, 3.05) is 13.2 Å². The van der Waals surface area contributed by atoms with Crippen molar-refractivity contribution in [1.29, 1.82) is 0 Å². The van der Waals surface area contributed by atoms with Gasteiger partial charge in [-0.15, -0.1) is 0 Å². The number of rotatable bonds is 6. The molecule has 1 aliphatic rings. The third-order valence-corrected chi connectivity index (χ3v) is 3.84. The zero-order valence-corrected chi connectivity index (χ0v) is 11.1. The number of hydrogen-bond donors (Lipinski definition) is 2. The van der Waals surface area contributed by atoms with Gasteiger partial charge in [-0.1, -0.05) is 6.42 Å². The normalized spacial score (nSPS) is 18.5. The number of carbonyl (C=O) groups excluding carboxylic acids is 1. The van der Waals surface area contributed by atoms with Crippen LogP contribution < -0.4 is 4.74 Å². The summed E-state index contributed by atoms with van der Waals surface area (Å²) < 4.78 is 5.23. The van der Waals surface area contributed by atoms with Crippen LogP contribution in [-0.2, 0) is 0 Å². The van der Waals surface area contributed by atoms with Crippen LogP contribution in [0, 0.1) is 5.92 Å². The van der Waals surface area contributed by atoms with E-state index in [1.165, 1.54) is 0 Å². The molecule has 4 nitrogen and oxygen atoms in total. The molecular weight excluding hydrogens is 244 g/mol. The first-order valence-corrected chi connectivity index (χ1v) is 6.66. The Balaban J connectivity index is 2.06. The van der Waals surface area contributed by atoms with Crippen LogP contribution in [0.5, 0.6) is 5.75 Å². The van der Waals surface area contributed by atoms with Crippen molar-refractivity contribution in [3.05, 3.63) is 29.8 Å². The van der Waals surface area contributed by atoms with E-state index in [1.54, 1.807) is 31.2 Å². The number of aliphatic hydroxyl groups is 2. The molecule has 1 aromatic carbocycles. The Bertz CT molecular complexity index is 432. The van der Waals surface area contributed by atoms with Gasteiger partial charge in [0.05, 0.1) is 6.61 Å². The molecule has 1 saturated carbocycles. The van der Waals surface area contributed by atoms with Crippen LogP contribution in [0.25, 0.3) is 0 Å². The topological polar surface area (TPSA) is 66.8 Å². The number of aliphatic hydroxyl groups excluding tert-OH is 1. The predicted molar refractivity (Wildman–Crippen MR) is 71.3 cm³/mol. The van der Waals surface area contributed by atoms with Gasteiger partial charge in [-0.25, -0.2) is 0 Å². The molecule has 0 radical (unpaired) electrons. The summed E-state index contributed by atoms with van der Waals surface area (Å²) in [4.78, 5) is 12.3. The Morgan fingerprint density at radius 3 is 2.47 bits per heavy atom. The standard InChI is InChI=1S/C15H20O4/c1-15(18,12-3-2-4-12)14(17)11-5-7-13(8-6-11)19-10-9-16/h5-8,12,16,18H,2-4,9-10H2,1H3. The zero-order chi connectivity index (χ0) is 13.9. The van der Waals surface area contributed by atoms with Gasteiger partial charge in [0.1, 0.15) is 18.0 Å². The molecule has 0 amide bonds. The number of ketones is 1. The second-order valence-corrected chi connectivity index (χ2v) is 5.20.